The molecule has 2 aromatic carbocycles. The van der Waals surface area contributed by atoms with E-state index in [4.69, 9.17) is 18.9 Å². The first-order valence-corrected chi connectivity index (χ1v) is 9.95. The first-order valence-electron chi connectivity index (χ1n) is 9.95. The van der Waals surface area contributed by atoms with E-state index < -0.39 is 0 Å². The fourth-order valence-corrected chi connectivity index (χ4v) is 4.76. The van der Waals surface area contributed by atoms with Crippen molar-refractivity contribution in [2.24, 2.45) is 0 Å². The first kappa shape index (κ1) is 18.1. The second-order valence-corrected chi connectivity index (χ2v) is 8.02. The highest BCUT2D eigenvalue weighted by atomic mass is 16.5. The van der Waals surface area contributed by atoms with Gasteiger partial charge in [-0.05, 0) is 60.7 Å². The van der Waals surface area contributed by atoms with Crippen molar-refractivity contribution >= 4 is 5.78 Å². The third kappa shape index (κ3) is 2.64. The molecule has 2 aliphatic heterocycles. The fraction of sp³-hybridized carbons (Fsp3) is 0.375. The molecule has 1 aliphatic carbocycles. The lowest BCUT2D eigenvalue weighted by molar-refractivity contribution is 0.0745. The molecule has 0 spiro atoms. The Bertz CT molecular complexity index is 1040. The Morgan fingerprint density at radius 3 is 2.62 bits per heavy atom. The molecule has 0 amide bonds. The van der Waals surface area contributed by atoms with Gasteiger partial charge in [0.05, 0.1) is 25.7 Å². The van der Waals surface area contributed by atoms with E-state index in [9.17, 15) is 4.79 Å². The van der Waals surface area contributed by atoms with Crippen LogP contribution in [0.25, 0.3) is 0 Å². The smallest absolute Gasteiger partial charge is 0.177 e. The SMILES string of the molecule is C=C(C)[C@H]1Cc2c(ccc3c2O[C@H]2CCc4cc(OC)c(OC)cc4[C@@H]2C3=O)O1. The predicted molar refractivity (Wildman–Crippen MR) is 109 cm³/mol. The molecule has 0 fully saturated rings. The number of ketones is 1. The molecule has 0 saturated heterocycles. The van der Waals surface area contributed by atoms with Crippen LogP contribution < -0.4 is 18.9 Å². The minimum absolute atomic E-state index is 0.0586. The number of hydrogen-bond acceptors (Lipinski definition) is 5. The van der Waals surface area contributed by atoms with Crippen LogP contribution in [0.1, 0.15) is 46.3 Å². The number of benzene rings is 2. The number of hydrogen-bond donors (Lipinski definition) is 0. The van der Waals surface area contributed by atoms with E-state index in [1.807, 2.05) is 31.2 Å². The third-order valence-electron chi connectivity index (χ3n) is 6.29. The highest BCUT2D eigenvalue weighted by Gasteiger charge is 2.44. The second-order valence-electron chi connectivity index (χ2n) is 8.02. The summed E-state index contributed by atoms with van der Waals surface area (Å²) < 4.78 is 23.4. The normalized spacial score (nSPS) is 23.7. The van der Waals surface area contributed by atoms with Crippen LogP contribution in [0.5, 0.6) is 23.0 Å². The van der Waals surface area contributed by atoms with Gasteiger partial charge in [-0.25, -0.2) is 0 Å². The summed E-state index contributed by atoms with van der Waals surface area (Å²) in [7, 11) is 3.24. The Morgan fingerprint density at radius 2 is 1.90 bits per heavy atom. The van der Waals surface area contributed by atoms with Gasteiger partial charge in [0, 0.05) is 12.0 Å². The number of Topliss-reactive ketones (excluding diaryl/α,β-unsaturated/α-hetero) is 1. The topological polar surface area (TPSA) is 54.0 Å². The summed E-state index contributed by atoms with van der Waals surface area (Å²) in [6.07, 6.45) is 2.07. The molecule has 2 aromatic rings. The summed E-state index contributed by atoms with van der Waals surface area (Å²) in [5, 5.41) is 0. The van der Waals surface area contributed by atoms with E-state index in [1.54, 1.807) is 14.2 Å². The molecule has 150 valence electrons. The largest absolute Gasteiger partial charge is 0.493 e. The molecule has 0 unspecified atom stereocenters. The van der Waals surface area contributed by atoms with Gasteiger partial charge < -0.3 is 18.9 Å². The lowest BCUT2D eigenvalue weighted by Crippen LogP contribution is -2.39. The van der Waals surface area contributed by atoms with E-state index >= 15 is 0 Å². The summed E-state index contributed by atoms with van der Waals surface area (Å²) in [6.45, 7) is 5.98. The maximum atomic E-state index is 13.6. The van der Waals surface area contributed by atoms with Gasteiger partial charge >= 0.3 is 0 Å². The minimum Gasteiger partial charge on any atom is -0.493 e. The Kier molecular flexibility index (Phi) is 4.09. The highest BCUT2D eigenvalue weighted by Crippen LogP contribution is 2.49. The van der Waals surface area contributed by atoms with Crippen molar-refractivity contribution in [3.63, 3.8) is 0 Å². The Hall–Kier alpha value is -2.95. The van der Waals surface area contributed by atoms with Gasteiger partial charge in [-0.1, -0.05) is 6.58 Å². The van der Waals surface area contributed by atoms with Crippen LogP contribution in [0.15, 0.2) is 36.4 Å². The lowest BCUT2D eigenvalue weighted by atomic mass is 9.74. The number of fused-ring (bicyclic) bond motifs is 6. The second kappa shape index (κ2) is 6.55. The Labute approximate surface area is 170 Å². The van der Waals surface area contributed by atoms with Crippen LogP contribution in [0.4, 0.5) is 0 Å². The van der Waals surface area contributed by atoms with Crippen LogP contribution in [0.3, 0.4) is 0 Å². The van der Waals surface area contributed by atoms with Crippen LogP contribution >= 0.6 is 0 Å². The molecule has 0 radical (unpaired) electrons. The van der Waals surface area contributed by atoms with E-state index in [0.29, 0.717) is 29.2 Å². The molecule has 29 heavy (non-hydrogen) atoms. The first-order chi connectivity index (χ1) is 14.0. The van der Waals surface area contributed by atoms with Crippen molar-refractivity contribution in [3.8, 4) is 23.0 Å². The number of carbonyl (C=O) groups excluding carboxylic acids is 1. The molecular weight excluding hydrogens is 368 g/mol. The fourth-order valence-electron chi connectivity index (χ4n) is 4.76. The summed E-state index contributed by atoms with van der Waals surface area (Å²) in [4.78, 5) is 13.6. The Balaban J connectivity index is 1.58. The Morgan fingerprint density at radius 1 is 1.14 bits per heavy atom. The van der Waals surface area contributed by atoms with E-state index in [1.165, 1.54) is 0 Å². The zero-order valence-electron chi connectivity index (χ0n) is 16.9. The highest BCUT2D eigenvalue weighted by molar-refractivity contribution is 6.05. The average molecular weight is 392 g/mol. The van der Waals surface area contributed by atoms with Crippen molar-refractivity contribution in [1.82, 2.24) is 0 Å². The number of ether oxygens (including phenoxy) is 4. The molecular formula is C24H24O5. The number of carbonyl (C=O) groups is 1. The van der Waals surface area contributed by atoms with Gasteiger partial charge in [0.25, 0.3) is 0 Å². The lowest BCUT2D eigenvalue weighted by Gasteiger charge is -2.38. The quantitative estimate of drug-likeness (QED) is 0.731. The maximum absolute atomic E-state index is 13.6. The monoisotopic (exact) mass is 392 g/mol. The van der Waals surface area contributed by atoms with E-state index in [0.717, 1.165) is 40.9 Å². The van der Waals surface area contributed by atoms with Gasteiger partial charge in [-0.2, -0.15) is 0 Å². The number of rotatable bonds is 3. The maximum Gasteiger partial charge on any atom is 0.177 e. The third-order valence-corrected chi connectivity index (χ3v) is 6.29. The van der Waals surface area contributed by atoms with Crippen LogP contribution in [-0.4, -0.2) is 32.2 Å². The predicted octanol–water partition coefficient (Wildman–Crippen LogP) is 4.26. The van der Waals surface area contributed by atoms with Crippen LogP contribution in [0, 0.1) is 0 Å². The van der Waals surface area contributed by atoms with Crippen LogP contribution in [-0.2, 0) is 12.8 Å². The molecule has 3 atom stereocenters. The van der Waals surface area contributed by atoms with Crippen molar-refractivity contribution in [2.75, 3.05) is 14.2 Å². The molecule has 5 heteroatoms. The zero-order valence-corrected chi connectivity index (χ0v) is 16.9. The summed E-state index contributed by atoms with van der Waals surface area (Å²) in [5.41, 5.74) is 4.70. The molecule has 3 aliphatic rings. The minimum atomic E-state index is -0.330. The molecule has 5 nitrogen and oxygen atoms in total. The van der Waals surface area contributed by atoms with E-state index in [2.05, 4.69) is 6.58 Å². The van der Waals surface area contributed by atoms with Gasteiger partial charge in [0.15, 0.2) is 17.3 Å². The molecule has 0 saturated carbocycles. The molecule has 0 aromatic heterocycles. The van der Waals surface area contributed by atoms with Crippen molar-refractivity contribution in [1.29, 1.82) is 0 Å². The van der Waals surface area contributed by atoms with Crippen LogP contribution in [0.2, 0.25) is 0 Å². The average Bonchev–Trinajstić information content (AvgIpc) is 3.17. The van der Waals surface area contributed by atoms with Crippen molar-refractivity contribution in [3.05, 3.63) is 58.7 Å². The molecule has 5 rings (SSSR count). The van der Waals surface area contributed by atoms with Gasteiger partial charge in [0.1, 0.15) is 23.7 Å². The van der Waals surface area contributed by atoms with Crippen molar-refractivity contribution < 1.29 is 23.7 Å². The summed E-state index contributed by atoms with van der Waals surface area (Å²) >= 11 is 0. The van der Waals surface area contributed by atoms with Gasteiger partial charge in [-0.15, -0.1) is 0 Å². The summed E-state index contributed by atoms with van der Waals surface area (Å²) in [5.74, 6) is 2.59. The standard InChI is InChI=1S/C24H24O5/c1-12(2)19-11-16-17(28-19)8-6-14-23(25)22-15-10-21(27-4)20(26-3)9-13(15)5-7-18(22)29-24(14)16/h6,8-10,18-19,22H,1,5,7,11H2,2-4H3/t18-,19+,22-/m0/s1. The van der Waals surface area contributed by atoms with Gasteiger partial charge in [-0.3, -0.25) is 4.79 Å². The summed E-state index contributed by atoms with van der Waals surface area (Å²) in [6, 6.07) is 7.64. The molecule has 0 N–H and O–H groups in total. The van der Waals surface area contributed by atoms with Gasteiger partial charge in [0.2, 0.25) is 0 Å². The zero-order chi connectivity index (χ0) is 20.3. The molecule has 0 bridgehead atoms. The van der Waals surface area contributed by atoms with Crippen molar-refractivity contribution in [2.45, 2.75) is 44.3 Å². The number of methoxy groups -OCH3 is 2. The molecule has 2 heterocycles. The van der Waals surface area contributed by atoms with E-state index in [-0.39, 0.29) is 23.9 Å². The number of aryl methyl sites for hydroxylation is 1.